The van der Waals surface area contributed by atoms with Crippen molar-refractivity contribution in [1.82, 2.24) is 4.98 Å². The largest absolute Gasteiger partial charge is 0.364 e. The van der Waals surface area contributed by atoms with Crippen LogP contribution in [0.3, 0.4) is 0 Å². The summed E-state index contributed by atoms with van der Waals surface area (Å²) in [6.07, 6.45) is 0. The molecule has 7 heteroatoms. The Morgan fingerprint density at radius 1 is 1.53 bits per heavy atom. The van der Waals surface area contributed by atoms with E-state index in [9.17, 15) is 14.9 Å². The second kappa shape index (κ2) is 3.19. The standard InChI is InChI=1S/C8H8N4O3/c9-7(13)5-1-2-6(12(14)15)8(10-5)11-3-4-11/h1-2H,3-4H2,(H2,9,13). The number of hydrogen-bond acceptors (Lipinski definition) is 5. The third kappa shape index (κ3) is 1.71. The Balaban J connectivity index is 2.48. The fourth-order valence-electron chi connectivity index (χ4n) is 1.22. The number of primary amides is 1. The maximum absolute atomic E-state index is 10.8. The number of rotatable bonds is 3. The quantitative estimate of drug-likeness (QED) is 0.424. The Morgan fingerprint density at radius 3 is 2.67 bits per heavy atom. The van der Waals surface area contributed by atoms with Crippen LogP contribution in [0.25, 0.3) is 0 Å². The van der Waals surface area contributed by atoms with Gasteiger partial charge in [-0.15, -0.1) is 0 Å². The van der Waals surface area contributed by atoms with Crippen LogP contribution in [0.1, 0.15) is 10.5 Å². The molecule has 1 amide bonds. The fraction of sp³-hybridized carbons (Fsp3) is 0.250. The van der Waals surface area contributed by atoms with Gasteiger partial charge in [0, 0.05) is 19.2 Å². The topological polar surface area (TPSA) is 102 Å². The number of nitrogens with two attached hydrogens (primary N) is 1. The van der Waals surface area contributed by atoms with E-state index in [1.54, 1.807) is 4.90 Å². The molecule has 1 aliphatic rings. The second-order valence-electron chi connectivity index (χ2n) is 3.15. The minimum atomic E-state index is -0.687. The van der Waals surface area contributed by atoms with Gasteiger partial charge in [-0.05, 0) is 6.07 Å². The summed E-state index contributed by atoms with van der Waals surface area (Å²) in [5, 5.41) is 10.7. The number of amides is 1. The van der Waals surface area contributed by atoms with Crippen LogP contribution in [0.2, 0.25) is 0 Å². The first-order valence-corrected chi connectivity index (χ1v) is 4.30. The maximum Gasteiger partial charge on any atom is 0.311 e. The molecule has 2 N–H and O–H groups in total. The molecule has 1 fully saturated rings. The SMILES string of the molecule is NC(=O)c1ccc([N+](=O)[O-])c(N2CC2)n1. The summed E-state index contributed by atoms with van der Waals surface area (Å²) in [4.78, 5) is 26.5. The molecule has 0 unspecified atom stereocenters. The van der Waals surface area contributed by atoms with E-state index < -0.39 is 10.8 Å². The highest BCUT2D eigenvalue weighted by Gasteiger charge is 2.29. The predicted octanol–water partition coefficient (Wildman–Crippen LogP) is -0.0913. The van der Waals surface area contributed by atoms with Crippen LogP contribution in [0.15, 0.2) is 12.1 Å². The predicted molar refractivity (Wildman–Crippen MR) is 51.6 cm³/mol. The van der Waals surface area contributed by atoms with Gasteiger partial charge in [0.05, 0.1) is 4.92 Å². The first-order valence-electron chi connectivity index (χ1n) is 4.30. The molecule has 0 saturated carbocycles. The summed E-state index contributed by atoms with van der Waals surface area (Å²) < 4.78 is 0. The molecular weight excluding hydrogens is 200 g/mol. The molecule has 15 heavy (non-hydrogen) atoms. The van der Waals surface area contributed by atoms with Gasteiger partial charge in [0.1, 0.15) is 5.69 Å². The number of nitro groups is 1. The van der Waals surface area contributed by atoms with Crippen molar-refractivity contribution >= 4 is 17.4 Å². The zero-order valence-corrected chi connectivity index (χ0v) is 7.71. The van der Waals surface area contributed by atoms with Crippen LogP contribution in [0.4, 0.5) is 11.5 Å². The zero-order valence-electron chi connectivity index (χ0n) is 7.71. The third-order valence-corrected chi connectivity index (χ3v) is 2.05. The van der Waals surface area contributed by atoms with Gasteiger partial charge in [-0.1, -0.05) is 0 Å². The molecule has 0 radical (unpaired) electrons. The van der Waals surface area contributed by atoms with Crippen molar-refractivity contribution in [3.05, 3.63) is 27.9 Å². The molecule has 0 aromatic carbocycles. The number of aromatic nitrogens is 1. The van der Waals surface area contributed by atoms with Gasteiger partial charge in [-0.3, -0.25) is 14.9 Å². The molecule has 2 heterocycles. The van der Waals surface area contributed by atoms with Crippen LogP contribution < -0.4 is 10.6 Å². The Kier molecular flexibility index (Phi) is 2.00. The number of hydrogen-bond donors (Lipinski definition) is 1. The number of anilines is 1. The van der Waals surface area contributed by atoms with E-state index in [2.05, 4.69) is 4.98 Å². The third-order valence-electron chi connectivity index (χ3n) is 2.05. The van der Waals surface area contributed by atoms with E-state index in [1.165, 1.54) is 12.1 Å². The van der Waals surface area contributed by atoms with Gasteiger partial charge >= 0.3 is 5.69 Å². The summed E-state index contributed by atoms with van der Waals surface area (Å²) >= 11 is 0. The summed E-state index contributed by atoms with van der Waals surface area (Å²) in [7, 11) is 0. The number of nitrogens with zero attached hydrogens (tertiary/aromatic N) is 3. The molecule has 0 aliphatic carbocycles. The van der Waals surface area contributed by atoms with Crippen molar-refractivity contribution in [2.45, 2.75) is 0 Å². The normalized spacial score (nSPS) is 13.7. The van der Waals surface area contributed by atoms with Gasteiger partial charge in [-0.2, -0.15) is 0 Å². The monoisotopic (exact) mass is 208 g/mol. The minimum absolute atomic E-state index is 0.0440. The van der Waals surface area contributed by atoms with E-state index in [1.807, 2.05) is 0 Å². The van der Waals surface area contributed by atoms with Crippen LogP contribution in [0.5, 0.6) is 0 Å². The average Bonchev–Trinajstić information content (AvgIpc) is 2.99. The van der Waals surface area contributed by atoms with Crippen LogP contribution in [-0.2, 0) is 0 Å². The molecule has 1 aliphatic heterocycles. The van der Waals surface area contributed by atoms with Crippen molar-refractivity contribution in [3.8, 4) is 0 Å². The molecule has 1 aromatic heterocycles. The highest BCUT2D eigenvalue weighted by Crippen LogP contribution is 2.29. The van der Waals surface area contributed by atoms with E-state index >= 15 is 0 Å². The Labute approximate surface area is 84.7 Å². The lowest BCUT2D eigenvalue weighted by molar-refractivity contribution is -0.384. The summed E-state index contributed by atoms with van der Waals surface area (Å²) in [5.74, 6) is -0.468. The van der Waals surface area contributed by atoms with Gasteiger partial charge in [0.2, 0.25) is 5.82 Å². The Morgan fingerprint density at radius 2 is 2.20 bits per heavy atom. The summed E-state index contributed by atoms with van der Waals surface area (Å²) in [6, 6.07) is 2.51. The van der Waals surface area contributed by atoms with Gasteiger partial charge in [-0.25, -0.2) is 4.98 Å². The molecule has 78 valence electrons. The van der Waals surface area contributed by atoms with Crippen LogP contribution >= 0.6 is 0 Å². The minimum Gasteiger partial charge on any atom is -0.364 e. The first kappa shape index (κ1) is 9.38. The molecule has 0 spiro atoms. The van der Waals surface area contributed by atoms with Crippen molar-refractivity contribution in [3.63, 3.8) is 0 Å². The lowest BCUT2D eigenvalue weighted by Crippen LogP contribution is -2.14. The number of pyridine rings is 1. The van der Waals surface area contributed by atoms with Crippen molar-refractivity contribution in [2.24, 2.45) is 5.73 Å². The number of carbonyl (C=O) groups is 1. The summed E-state index contributed by atoms with van der Waals surface area (Å²) in [6.45, 7) is 1.44. The molecule has 0 bridgehead atoms. The van der Waals surface area contributed by atoms with Crippen molar-refractivity contribution < 1.29 is 9.72 Å². The molecule has 1 aromatic rings. The van der Waals surface area contributed by atoms with E-state index in [0.29, 0.717) is 0 Å². The molecular formula is C8H8N4O3. The van der Waals surface area contributed by atoms with Crippen LogP contribution in [0, 0.1) is 10.1 Å². The van der Waals surface area contributed by atoms with E-state index in [4.69, 9.17) is 5.73 Å². The lowest BCUT2D eigenvalue weighted by atomic mass is 10.3. The zero-order chi connectivity index (χ0) is 11.0. The van der Waals surface area contributed by atoms with E-state index in [-0.39, 0.29) is 17.2 Å². The summed E-state index contributed by atoms with van der Waals surface area (Å²) in [5.41, 5.74) is 4.98. The molecule has 1 saturated heterocycles. The van der Waals surface area contributed by atoms with Crippen molar-refractivity contribution in [1.29, 1.82) is 0 Å². The van der Waals surface area contributed by atoms with Gasteiger partial charge in [0.25, 0.3) is 5.91 Å². The van der Waals surface area contributed by atoms with Gasteiger partial charge < -0.3 is 10.6 Å². The first-order chi connectivity index (χ1) is 7.09. The van der Waals surface area contributed by atoms with Gasteiger partial charge in [0.15, 0.2) is 0 Å². The molecule has 2 rings (SSSR count). The Bertz CT molecular complexity index is 442. The van der Waals surface area contributed by atoms with Crippen LogP contribution in [-0.4, -0.2) is 28.9 Å². The Hall–Kier alpha value is -2.18. The fourth-order valence-corrected chi connectivity index (χ4v) is 1.22. The molecule has 7 nitrogen and oxygen atoms in total. The van der Waals surface area contributed by atoms with E-state index in [0.717, 1.165) is 13.1 Å². The highest BCUT2D eigenvalue weighted by molar-refractivity contribution is 5.91. The van der Waals surface area contributed by atoms with Crippen molar-refractivity contribution in [2.75, 3.05) is 18.0 Å². The number of carbonyl (C=O) groups excluding carboxylic acids is 1. The maximum atomic E-state index is 10.8. The second-order valence-corrected chi connectivity index (χ2v) is 3.15. The lowest BCUT2D eigenvalue weighted by Gasteiger charge is -2.03. The average molecular weight is 208 g/mol. The smallest absolute Gasteiger partial charge is 0.311 e. The molecule has 0 atom stereocenters. The highest BCUT2D eigenvalue weighted by atomic mass is 16.6.